The van der Waals surface area contributed by atoms with Crippen LogP contribution in [0.3, 0.4) is 0 Å². The van der Waals surface area contributed by atoms with Gasteiger partial charge in [0, 0.05) is 12.6 Å². The van der Waals surface area contributed by atoms with Gasteiger partial charge in [-0.2, -0.15) is 0 Å². The molecular formula is C16H45ClN2OSi3. The van der Waals surface area contributed by atoms with E-state index in [1.54, 1.807) is 7.11 Å². The van der Waals surface area contributed by atoms with Gasteiger partial charge in [-0.25, -0.2) is 0 Å². The van der Waals surface area contributed by atoms with Gasteiger partial charge < -0.3 is 10.1 Å². The molecule has 3 nitrogen and oxygen atoms in total. The van der Waals surface area contributed by atoms with E-state index in [-0.39, 0.29) is 0 Å². The number of rotatable bonds is 7. The van der Waals surface area contributed by atoms with E-state index in [4.69, 9.17) is 16.3 Å². The zero-order valence-electron chi connectivity index (χ0n) is 18.1. The molecular weight excluding hydrogens is 356 g/mol. The van der Waals surface area contributed by atoms with Crippen LogP contribution in [0.2, 0.25) is 58.9 Å². The van der Waals surface area contributed by atoms with Crippen molar-refractivity contribution in [3.8, 4) is 0 Å². The molecule has 0 aliphatic rings. The van der Waals surface area contributed by atoms with E-state index in [2.05, 4.69) is 76.2 Å². The fourth-order valence-corrected chi connectivity index (χ4v) is 4.38. The van der Waals surface area contributed by atoms with Crippen molar-refractivity contribution in [3.05, 3.63) is 0 Å². The summed E-state index contributed by atoms with van der Waals surface area (Å²) in [5.41, 5.74) is 0.882. The minimum atomic E-state index is -0.912. The lowest BCUT2D eigenvalue weighted by atomic mass is 10.9. The Kier molecular flexibility index (Phi) is 17.5. The first-order valence-electron chi connectivity index (χ1n) is 8.46. The van der Waals surface area contributed by atoms with Gasteiger partial charge in [-0.15, -0.1) is 11.6 Å². The van der Waals surface area contributed by atoms with Crippen molar-refractivity contribution in [1.82, 2.24) is 10.2 Å². The fraction of sp³-hybridized carbons (Fsp3) is 1.00. The van der Waals surface area contributed by atoms with Crippen LogP contribution >= 0.6 is 11.6 Å². The zero-order chi connectivity index (χ0) is 19.3. The summed E-state index contributed by atoms with van der Waals surface area (Å²) >= 11 is 5.54. The Hall–Kier alpha value is 0.821. The van der Waals surface area contributed by atoms with E-state index >= 15 is 0 Å². The standard InChI is InChI=1S/C7H19NOSi.C5H15NSi.C4H11ClSi/c1-8(6-9-2)7-10(3,4)5;1-6-5-7(2,3)4;1-6(2,3)4-5/h6-7H2,1-5H3;6H,5H2,1-4H3;4H2,1-3H3. The first-order valence-corrected chi connectivity index (χ1v) is 20.1. The summed E-state index contributed by atoms with van der Waals surface area (Å²) in [7, 11) is 3.30. The highest BCUT2D eigenvalue weighted by atomic mass is 35.5. The van der Waals surface area contributed by atoms with Gasteiger partial charge in [0.15, 0.2) is 0 Å². The molecule has 0 unspecified atom stereocenters. The van der Waals surface area contributed by atoms with Crippen molar-refractivity contribution in [1.29, 1.82) is 0 Å². The molecule has 0 amide bonds. The summed E-state index contributed by atoms with van der Waals surface area (Å²) in [6.07, 6.45) is 2.44. The van der Waals surface area contributed by atoms with Crippen molar-refractivity contribution in [2.75, 3.05) is 45.8 Å². The van der Waals surface area contributed by atoms with Crippen LogP contribution in [0.15, 0.2) is 0 Å². The molecule has 0 radical (unpaired) electrons. The van der Waals surface area contributed by atoms with Crippen LogP contribution in [0, 0.1) is 0 Å². The van der Waals surface area contributed by atoms with Gasteiger partial charge in [0.05, 0.1) is 31.0 Å². The molecule has 0 rings (SSSR count). The minimum Gasteiger partial charge on any atom is -0.369 e. The highest BCUT2D eigenvalue weighted by Crippen LogP contribution is 2.02. The number of nitrogens with one attached hydrogen (secondary N) is 1. The van der Waals surface area contributed by atoms with Crippen LogP contribution < -0.4 is 5.32 Å². The molecule has 0 heterocycles. The maximum atomic E-state index is 5.54. The summed E-state index contributed by atoms with van der Waals surface area (Å²) in [4.78, 5) is 2.23. The lowest BCUT2D eigenvalue weighted by Gasteiger charge is -2.23. The largest absolute Gasteiger partial charge is 0.369 e. The van der Waals surface area contributed by atoms with Gasteiger partial charge in [0.2, 0.25) is 0 Å². The van der Waals surface area contributed by atoms with Crippen molar-refractivity contribution in [3.63, 3.8) is 0 Å². The van der Waals surface area contributed by atoms with Gasteiger partial charge >= 0.3 is 0 Å². The Morgan fingerprint density at radius 1 is 0.870 bits per heavy atom. The average Bonchev–Trinajstić information content (AvgIpc) is 2.25. The Labute approximate surface area is 155 Å². The topological polar surface area (TPSA) is 24.5 Å². The lowest BCUT2D eigenvalue weighted by molar-refractivity contribution is 0.0928. The molecule has 144 valence electrons. The number of alkyl halides is 1. The summed E-state index contributed by atoms with van der Waals surface area (Å²) in [5.74, 6) is 0. The fourth-order valence-electron chi connectivity index (χ4n) is 1.61. The Bertz CT molecular complexity index is 262. The highest BCUT2D eigenvalue weighted by molar-refractivity contribution is 6.82. The second-order valence-corrected chi connectivity index (χ2v) is 26.9. The number of nitrogens with zero attached hydrogens (tertiary/aromatic N) is 1. The van der Waals surface area contributed by atoms with Gasteiger partial charge in [-0.3, -0.25) is 4.90 Å². The molecule has 0 saturated carbocycles. The smallest absolute Gasteiger partial charge is 0.0981 e. The van der Waals surface area contributed by atoms with E-state index in [0.29, 0.717) is 0 Å². The second kappa shape index (κ2) is 14.0. The van der Waals surface area contributed by atoms with Crippen LogP contribution in [0.25, 0.3) is 0 Å². The molecule has 23 heavy (non-hydrogen) atoms. The molecule has 0 bridgehead atoms. The first-order chi connectivity index (χ1) is 10.1. The molecule has 0 aliphatic carbocycles. The molecule has 0 aromatic carbocycles. The van der Waals surface area contributed by atoms with Crippen molar-refractivity contribution < 1.29 is 4.74 Å². The predicted molar refractivity (Wildman–Crippen MR) is 119 cm³/mol. The van der Waals surface area contributed by atoms with E-state index in [1.807, 2.05) is 7.05 Å². The maximum absolute atomic E-state index is 5.54. The molecule has 0 fully saturated rings. The average molecular weight is 401 g/mol. The third-order valence-electron chi connectivity index (χ3n) is 2.20. The quantitative estimate of drug-likeness (QED) is 0.384. The van der Waals surface area contributed by atoms with Crippen LogP contribution in [-0.4, -0.2) is 74.9 Å². The summed E-state index contributed by atoms with van der Waals surface area (Å²) in [6.45, 7) is 21.6. The van der Waals surface area contributed by atoms with Gasteiger partial charge in [0.1, 0.15) is 0 Å². The molecule has 0 aliphatic heterocycles. The van der Waals surface area contributed by atoms with Gasteiger partial charge in [0.25, 0.3) is 0 Å². The van der Waals surface area contributed by atoms with E-state index in [1.165, 1.54) is 12.3 Å². The van der Waals surface area contributed by atoms with Crippen LogP contribution in [0.5, 0.6) is 0 Å². The molecule has 0 spiro atoms. The number of hydrogen-bond donors (Lipinski definition) is 1. The molecule has 1 N–H and O–H groups in total. The normalized spacial score (nSPS) is 12.3. The minimum absolute atomic E-state index is 0.754. The summed E-state index contributed by atoms with van der Waals surface area (Å²) in [5, 5.41) is 3.17. The first kappa shape index (κ1) is 28.6. The highest BCUT2D eigenvalue weighted by Gasteiger charge is 2.15. The third-order valence-corrected chi connectivity index (χ3v) is 8.31. The molecule has 0 aromatic rings. The van der Waals surface area contributed by atoms with Crippen molar-refractivity contribution in [2.45, 2.75) is 58.9 Å². The lowest BCUT2D eigenvalue weighted by Crippen LogP contribution is -2.38. The van der Waals surface area contributed by atoms with Gasteiger partial charge in [-0.05, 0) is 26.4 Å². The molecule has 0 atom stereocenters. The van der Waals surface area contributed by atoms with E-state index in [9.17, 15) is 0 Å². The summed E-state index contributed by atoms with van der Waals surface area (Å²) < 4.78 is 5.00. The molecule has 0 saturated heterocycles. The van der Waals surface area contributed by atoms with Crippen LogP contribution in [0.4, 0.5) is 0 Å². The zero-order valence-corrected chi connectivity index (χ0v) is 21.8. The maximum Gasteiger partial charge on any atom is 0.0981 e. The number of halogens is 1. The van der Waals surface area contributed by atoms with Crippen LogP contribution in [0.1, 0.15) is 0 Å². The summed E-state index contributed by atoms with van der Waals surface area (Å²) in [6, 6.07) is 0. The van der Waals surface area contributed by atoms with E-state index < -0.39 is 24.2 Å². The Morgan fingerprint density at radius 3 is 1.39 bits per heavy atom. The molecule has 7 heteroatoms. The van der Waals surface area contributed by atoms with Crippen LogP contribution in [-0.2, 0) is 4.74 Å². The van der Waals surface area contributed by atoms with E-state index in [0.717, 1.165) is 12.2 Å². The number of methoxy groups -OCH3 is 1. The predicted octanol–water partition coefficient (Wildman–Crippen LogP) is 4.59. The third kappa shape index (κ3) is 39.5. The number of ether oxygens (including phenoxy) is 1. The van der Waals surface area contributed by atoms with Gasteiger partial charge in [-0.1, -0.05) is 58.9 Å². The Morgan fingerprint density at radius 2 is 1.26 bits per heavy atom. The SMILES string of the molecule is CNC[Si](C)(C)C.COCN(C)C[Si](C)(C)C.C[Si](C)(C)CCl. The second-order valence-electron chi connectivity index (χ2n) is 9.78. The van der Waals surface area contributed by atoms with Crippen molar-refractivity contribution >= 4 is 35.8 Å². The van der Waals surface area contributed by atoms with Crippen molar-refractivity contribution in [2.24, 2.45) is 0 Å². The molecule has 0 aromatic heterocycles. The monoisotopic (exact) mass is 400 g/mol. The number of hydrogen-bond acceptors (Lipinski definition) is 3. The Balaban J connectivity index is -0.000000272.